The summed E-state index contributed by atoms with van der Waals surface area (Å²) in [6.07, 6.45) is 0.373. The van der Waals surface area contributed by atoms with Crippen LogP contribution in [0, 0.1) is 0 Å². The fourth-order valence-corrected chi connectivity index (χ4v) is 1.30. The first-order chi connectivity index (χ1) is 5.29. The SMILES string of the molecule is CC.NC(=O)Cc1cccs1. The Morgan fingerprint density at radius 1 is 1.64 bits per heavy atom. The molecule has 62 valence electrons. The van der Waals surface area contributed by atoms with E-state index in [1.54, 1.807) is 11.3 Å². The van der Waals surface area contributed by atoms with Crippen LogP contribution in [0.1, 0.15) is 18.7 Å². The van der Waals surface area contributed by atoms with Crippen LogP contribution in [-0.2, 0) is 11.2 Å². The van der Waals surface area contributed by atoms with Crippen molar-refractivity contribution in [3.05, 3.63) is 22.4 Å². The molecule has 0 saturated carbocycles. The van der Waals surface area contributed by atoms with Gasteiger partial charge in [0.25, 0.3) is 0 Å². The Bertz CT molecular complexity index is 194. The number of thiophene rings is 1. The van der Waals surface area contributed by atoms with E-state index in [4.69, 9.17) is 5.73 Å². The molecule has 0 aliphatic rings. The summed E-state index contributed by atoms with van der Waals surface area (Å²) in [5.41, 5.74) is 4.95. The van der Waals surface area contributed by atoms with Gasteiger partial charge in [0.05, 0.1) is 6.42 Å². The fraction of sp³-hybridized carbons (Fsp3) is 0.375. The normalized spacial score (nSPS) is 8.18. The largest absolute Gasteiger partial charge is 0.369 e. The molecule has 1 rings (SSSR count). The van der Waals surface area contributed by atoms with E-state index in [0.717, 1.165) is 4.88 Å². The highest BCUT2D eigenvalue weighted by atomic mass is 32.1. The van der Waals surface area contributed by atoms with Gasteiger partial charge in [0.1, 0.15) is 0 Å². The van der Waals surface area contributed by atoms with Crippen LogP contribution in [0.4, 0.5) is 0 Å². The lowest BCUT2D eigenvalue weighted by molar-refractivity contribution is -0.117. The van der Waals surface area contributed by atoms with Crippen molar-refractivity contribution in [2.45, 2.75) is 20.3 Å². The van der Waals surface area contributed by atoms with Gasteiger partial charge in [0, 0.05) is 4.88 Å². The van der Waals surface area contributed by atoms with Crippen molar-refractivity contribution >= 4 is 17.2 Å². The smallest absolute Gasteiger partial charge is 0.222 e. The van der Waals surface area contributed by atoms with E-state index in [1.165, 1.54) is 0 Å². The van der Waals surface area contributed by atoms with E-state index in [0.29, 0.717) is 6.42 Å². The zero-order valence-corrected chi connectivity index (χ0v) is 7.65. The maximum Gasteiger partial charge on any atom is 0.222 e. The molecule has 0 radical (unpaired) electrons. The van der Waals surface area contributed by atoms with Crippen molar-refractivity contribution in [3.8, 4) is 0 Å². The number of primary amides is 1. The molecule has 2 N–H and O–H groups in total. The van der Waals surface area contributed by atoms with Crippen molar-refractivity contribution < 1.29 is 4.79 Å². The van der Waals surface area contributed by atoms with E-state index < -0.39 is 0 Å². The van der Waals surface area contributed by atoms with Gasteiger partial charge in [-0.2, -0.15) is 0 Å². The van der Waals surface area contributed by atoms with Crippen molar-refractivity contribution in [1.82, 2.24) is 0 Å². The Morgan fingerprint density at radius 2 is 2.27 bits per heavy atom. The minimum absolute atomic E-state index is 0.266. The summed E-state index contributed by atoms with van der Waals surface area (Å²) in [5.74, 6) is -0.266. The Labute approximate surface area is 71.0 Å². The molecule has 2 nitrogen and oxygen atoms in total. The number of nitrogens with two attached hydrogens (primary N) is 1. The van der Waals surface area contributed by atoms with Crippen LogP contribution in [0.2, 0.25) is 0 Å². The van der Waals surface area contributed by atoms with Gasteiger partial charge in [-0.15, -0.1) is 11.3 Å². The highest BCUT2D eigenvalue weighted by Gasteiger charge is 1.96. The van der Waals surface area contributed by atoms with Crippen molar-refractivity contribution in [1.29, 1.82) is 0 Å². The lowest BCUT2D eigenvalue weighted by Gasteiger charge is -1.86. The summed E-state index contributed by atoms with van der Waals surface area (Å²) >= 11 is 1.55. The molecule has 0 aliphatic carbocycles. The molecule has 1 aromatic heterocycles. The zero-order chi connectivity index (χ0) is 8.69. The molecule has 0 unspecified atom stereocenters. The number of rotatable bonds is 2. The van der Waals surface area contributed by atoms with Gasteiger partial charge in [-0.3, -0.25) is 4.79 Å². The Morgan fingerprint density at radius 3 is 2.64 bits per heavy atom. The van der Waals surface area contributed by atoms with E-state index in [-0.39, 0.29) is 5.91 Å². The number of hydrogen-bond donors (Lipinski definition) is 1. The summed E-state index contributed by atoms with van der Waals surface area (Å²) in [6, 6.07) is 3.80. The number of amides is 1. The molecule has 0 aromatic carbocycles. The number of hydrogen-bond acceptors (Lipinski definition) is 2. The third kappa shape index (κ3) is 4.56. The highest BCUT2D eigenvalue weighted by Crippen LogP contribution is 2.07. The summed E-state index contributed by atoms with van der Waals surface area (Å²) in [7, 11) is 0. The monoisotopic (exact) mass is 171 g/mol. The van der Waals surface area contributed by atoms with E-state index in [9.17, 15) is 4.79 Å². The second-order valence-electron chi connectivity index (χ2n) is 1.72. The maximum absolute atomic E-state index is 10.3. The van der Waals surface area contributed by atoms with Crippen molar-refractivity contribution in [3.63, 3.8) is 0 Å². The van der Waals surface area contributed by atoms with Crippen molar-refractivity contribution in [2.24, 2.45) is 5.73 Å². The number of carbonyl (C=O) groups excluding carboxylic acids is 1. The summed E-state index contributed by atoms with van der Waals surface area (Å²) in [6.45, 7) is 4.00. The Kier molecular flexibility index (Phi) is 5.47. The topological polar surface area (TPSA) is 43.1 Å². The number of carbonyl (C=O) groups is 1. The molecule has 0 fully saturated rings. The summed E-state index contributed by atoms with van der Waals surface area (Å²) in [4.78, 5) is 11.3. The minimum Gasteiger partial charge on any atom is -0.369 e. The second kappa shape index (κ2) is 5.92. The molecule has 1 heterocycles. The quantitative estimate of drug-likeness (QED) is 0.724. The maximum atomic E-state index is 10.3. The molecule has 11 heavy (non-hydrogen) atoms. The molecule has 1 amide bonds. The van der Waals surface area contributed by atoms with Gasteiger partial charge in [-0.25, -0.2) is 0 Å². The fourth-order valence-electron chi connectivity index (χ4n) is 0.585. The first kappa shape index (κ1) is 10.2. The van der Waals surface area contributed by atoms with E-state index >= 15 is 0 Å². The van der Waals surface area contributed by atoms with Crippen LogP contribution in [0.15, 0.2) is 17.5 Å². The van der Waals surface area contributed by atoms with Crippen LogP contribution >= 0.6 is 11.3 Å². The molecule has 0 bridgehead atoms. The predicted molar refractivity (Wildman–Crippen MR) is 48.6 cm³/mol. The molecule has 0 spiro atoms. The molecule has 0 atom stereocenters. The lowest BCUT2D eigenvalue weighted by atomic mass is 10.3. The van der Waals surface area contributed by atoms with E-state index in [1.807, 2.05) is 31.4 Å². The van der Waals surface area contributed by atoms with Gasteiger partial charge in [-0.05, 0) is 11.4 Å². The summed E-state index contributed by atoms with van der Waals surface area (Å²) < 4.78 is 0. The molecular formula is C8H13NOS. The Balaban J connectivity index is 0.000000461. The van der Waals surface area contributed by atoms with Gasteiger partial charge in [0.2, 0.25) is 5.91 Å². The third-order valence-corrected chi connectivity index (χ3v) is 1.80. The standard InChI is InChI=1S/C6H7NOS.C2H6/c7-6(8)4-5-2-1-3-9-5;1-2/h1-3H,4H2,(H2,7,8);1-2H3. The minimum atomic E-state index is -0.266. The molecule has 0 saturated heterocycles. The van der Waals surface area contributed by atoms with Crippen LogP contribution < -0.4 is 5.73 Å². The van der Waals surface area contributed by atoms with Crippen LogP contribution in [0.25, 0.3) is 0 Å². The average Bonchev–Trinajstić information content (AvgIpc) is 2.43. The predicted octanol–water partition coefficient (Wildman–Crippen LogP) is 1.80. The second-order valence-corrected chi connectivity index (χ2v) is 2.75. The molecular weight excluding hydrogens is 158 g/mol. The van der Waals surface area contributed by atoms with Gasteiger partial charge in [-0.1, -0.05) is 19.9 Å². The first-order valence-corrected chi connectivity index (χ1v) is 4.47. The van der Waals surface area contributed by atoms with Gasteiger partial charge < -0.3 is 5.73 Å². The summed E-state index contributed by atoms with van der Waals surface area (Å²) in [5, 5.41) is 1.93. The molecule has 1 aromatic rings. The highest BCUT2D eigenvalue weighted by molar-refractivity contribution is 7.10. The van der Waals surface area contributed by atoms with Crippen LogP contribution in [0.5, 0.6) is 0 Å². The zero-order valence-electron chi connectivity index (χ0n) is 6.83. The van der Waals surface area contributed by atoms with Crippen LogP contribution in [-0.4, -0.2) is 5.91 Å². The van der Waals surface area contributed by atoms with Gasteiger partial charge in [0.15, 0.2) is 0 Å². The average molecular weight is 171 g/mol. The Hall–Kier alpha value is -0.830. The molecule has 0 aliphatic heterocycles. The third-order valence-electron chi connectivity index (χ3n) is 0.929. The lowest BCUT2D eigenvalue weighted by Crippen LogP contribution is -2.12. The van der Waals surface area contributed by atoms with E-state index in [2.05, 4.69) is 0 Å². The molecule has 3 heteroatoms. The first-order valence-electron chi connectivity index (χ1n) is 3.60. The van der Waals surface area contributed by atoms with Crippen LogP contribution in [0.3, 0.4) is 0 Å². The van der Waals surface area contributed by atoms with Gasteiger partial charge >= 0.3 is 0 Å². The van der Waals surface area contributed by atoms with Crippen molar-refractivity contribution in [2.75, 3.05) is 0 Å².